The van der Waals surface area contributed by atoms with Gasteiger partial charge in [0.15, 0.2) is 0 Å². The van der Waals surface area contributed by atoms with Gasteiger partial charge in [-0.3, -0.25) is 14.9 Å². The van der Waals surface area contributed by atoms with Crippen molar-refractivity contribution in [1.29, 1.82) is 5.26 Å². The quantitative estimate of drug-likeness (QED) is 0.857. The molecule has 0 aromatic heterocycles. The molecule has 1 aliphatic rings. The normalized spacial score (nSPS) is 18.4. The van der Waals surface area contributed by atoms with Crippen molar-refractivity contribution in [2.24, 2.45) is 5.92 Å². The number of amides is 4. The Hall–Kier alpha value is -2.75. The molecule has 0 saturated carbocycles. The molecule has 1 saturated heterocycles. The van der Waals surface area contributed by atoms with Crippen LogP contribution in [0.5, 0.6) is 0 Å². The lowest BCUT2D eigenvalue weighted by atomic mass is 9.98. The molecular weight excluding hydrogens is 277 g/mol. The Morgan fingerprint density at radius 1 is 1.38 bits per heavy atom. The monoisotopic (exact) mass is 289 g/mol. The van der Waals surface area contributed by atoms with E-state index in [1.807, 2.05) is 5.32 Å². The van der Waals surface area contributed by atoms with Crippen molar-refractivity contribution in [3.63, 3.8) is 0 Å². The number of halogens is 1. The number of nitrogens with one attached hydrogen (secondary N) is 1. The third-order valence-corrected chi connectivity index (χ3v) is 3.16. The minimum Gasteiger partial charge on any atom is -0.277 e. The van der Waals surface area contributed by atoms with Crippen LogP contribution in [-0.4, -0.2) is 17.8 Å². The molecule has 0 bridgehead atoms. The number of anilines is 1. The summed E-state index contributed by atoms with van der Waals surface area (Å²) in [5.74, 6) is -3.31. The molecule has 1 aliphatic heterocycles. The summed E-state index contributed by atoms with van der Waals surface area (Å²) in [4.78, 5) is 36.3. The maximum atomic E-state index is 14.0. The summed E-state index contributed by atoms with van der Waals surface area (Å²) in [7, 11) is 0. The second-order valence-corrected chi connectivity index (χ2v) is 4.59. The van der Waals surface area contributed by atoms with Crippen LogP contribution in [-0.2, 0) is 9.59 Å². The van der Waals surface area contributed by atoms with Crippen molar-refractivity contribution in [2.75, 3.05) is 4.90 Å². The number of nitrogens with zero attached hydrogens (tertiary/aromatic N) is 2. The molecule has 1 aromatic rings. The summed E-state index contributed by atoms with van der Waals surface area (Å²) >= 11 is 0. The molecule has 0 radical (unpaired) electrons. The SMILES string of the molecule is CCCC1C(=O)NC(=O)N(c2ccc(C#N)cc2F)C1=O. The lowest BCUT2D eigenvalue weighted by Crippen LogP contribution is -2.58. The standard InChI is InChI=1S/C14H12FN3O3/c1-2-3-9-12(19)17-14(21)18(13(9)20)11-5-4-8(7-16)6-10(11)15/h4-6,9H,2-3H2,1H3,(H,17,19,21). The Morgan fingerprint density at radius 2 is 2.10 bits per heavy atom. The van der Waals surface area contributed by atoms with Gasteiger partial charge in [0.05, 0.1) is 17.3 Å². The zero-order valence-electron chi connectivity index (χ0n) is 11.2. The van der Waals surface area contributed by atoms with Crippen LogP contribution in [0.15, 0.2) is 18.2 Å². The highest BCUT2D eigenvalue weighted by molar-refractivity contribution is 6.27. The molecule has 1 atom stereocenters. The predicted molar refractivity (Wildman–Crippen MR) is 70.5 cm³/mol. The van der Waals surface area contributed by atoms with E-state index in [1.54, 1.807) is 13.0 Å². The Balaban J connectivity index is 2.42. The van der Waals surface area contributed by atoms with E-state index in [2.05, 4.69) is 0 Å². The van der Waals surface area contributed by atoms with Gasteiger partial charge >= 0.3 is 6.03 Å². The van der Waals surface area contributed by atoms with Gasteiger partial charge in [-0.15, -0.1) is 0 Å². The topological polar surface area (TPSA) is 90.3 Å². The second kappa shape index (κ2) is 5.71. The fourth-order valence-corrected chi connectivity index (χ4v) is 2.15. The smallest absolute Gasteiger partial charge is 0.277 e. The van der Waals surface area contributed by atoms with Gasteiger partial charge in [0.1, 0.15) is 11.7 Å². The lowest BCUT2D eigenvalue weighted by molar-refractivity contribution is -0.134. The zero-order chi connectivity index (χ0) is 15.6. The van der Waals surface area contributed by atoms with Crippen LogP contribution in [0.25, 0.3) is 0 Å². The Labute approximate surface area is 120 Å². The van der Waals surface area contributed by atoms with Crippen LogP contribution in [0.2, 0.25) is 0 Å². The molecule has 1 aromatic carbocycles. The van der Waals surface area contributed by atoms with Crippen molar-refractivity contribution >= 4 is 23.5 Å². The number of rotatable bonds is 3. The first-order valence-electron chi connectivity index (χ1n) is 6.38. The summed E-state index contributed by atoms with van der Waals surface area (Å²) in [5, 5.41) is 10.7. The molecule has 7 heteroatoms. The number of imide groups is 2. The van der Waals surface area contributed by atoms with Gasteiger partial charge in [-0.2, -0.15) is 5.26 Å². The first-order chi connectivity index (χ1) is 9.99. The van der Waals surface area contributed by atoms with Crippen molar-refractivity contribution < 1.29 is 18.8 Å². The number of nitriles is 1. The highest BCUT2D eigenvalue weighted by Gasteiger charge is 2.41. The summed E-state index contributed by atoms with van der Waals surface area (Å²) in [6, 6.07) is 4.17. The molecule has 2 rings (SSSR count). The molecule has 108 valence electrons. The summed E-state index contributed by atoms with van der Waals surface area (Å²) < 4.78 is 14.0. The molecule has 0 aliphatic carbocycles. The maximum absolute atomic E-state index is 14.0. The van der Waals surface area contributed by atoms with Crippen LogP contribution in [0, 0.1) is 23.1 Å². The maximum Gasteiger partial charge on any atom is 0.335 e. The summed E-state index contributed by atoms with van der Waals surface area (Å²) in [6.07, 6.45) is 0.841. The summed E-state index contributed by atoms with van der Waals surface area (Å²) in [5.41, 5.74) is -0.201. The molecular formula is C14H12FN3O3. The number of hydrogen-bond acceptors (Lipinski definition) is 4. The Morgan fingerprint density at radius 3 is 2.67 bits per heavy atom. The van der Waals surface area contributed by atoms with E-state index < -0.39 is 29.6 Å². The fourth-order valence-electron chi connectivity index (χ4n) is 2.15. The van der Waals surface area contributed by atoms with E-state index >= 15 is 0 Å². The molecule has 6 nitrogen and oxygen atoms in total. The van der Waals surface area contributed by atoms with Gasteiger partial charge in [0.2, 0.25) is 11.8 Å². The van der Waals surface area contributed by atoms with E-state index in [4.69, 9.17) is 5.26 Å². The van der Waals surface area contributed by atoms with E-state index in [1.165, 1.54) is 12.1 Å². The molecule has 1 N–H and O–H groups in total. The summed E-state index contributed by atoms with van der Waals surface area (Å²) in [6.45, 7) is 1.80. The fraction of sp³-hybridized carbons (Fsp3) is 0.286. The predicted octanol–water partition coefficient (Wildman–Crippen LogP) is 1.70. The number of barbiturate groups is 1. The van der Waals surface area contributed by atoms with Gasteiger partial charge in [-0.1, -0.05) is 13.3 Å². The van der Waals surface area contributed by atoms with Crippen LogP contribution >= 0.6 is 0 Å². The molecule has 1 heterocycles. The highest BCUT2D eigenvalue weighted by atomic mass is 19.1. The first kappa shape index (κ1) is 14.7. The minimum absolute atomic E-state index is 0.0716. The van der Waals surface area contributed by atoms with Crippen LogP contribution in [0.4, 0.5) is 14.9 Å². The van der Waals surface area contributed by atoms with Crippen molar-refractivity contribution in [1.82, 2.24) is 5.32 Å². The Bertz CT molecular complexity index is 666. The minimum atomic E-state index is -1.01. The van der Waals surface area contributed by atoms with E-state index in [-0.39, 0.29) is 17.7 Å². The highest BCUT2D eigenvalue weighted by Crippen LogP contribution is 2.26. The van der Waals surface area contributed by atoms with Crippen molar-refractivity contribution in [3.8, 4) is 6.07 Å². The number of urea groups is 1. The van der Waals surface area contributed by atoms with Gasteiger partial charge < -0.3 is 0 Å². The molecule has 1 fully saturated rings. The van der Waals surface area contributed by atoms with Crippen LogP contribution in [0.3, 0.4) is 0 Å². The average molecular weight is 289 g/mol. The average Bonchev–Trinajstić information content (AvgIpc) is 2.44. The van der Waals surface area contributed by atoms with E-state index in [0.717, 1.165) is 6.07 Å². The third kappa shape index (κ3) is 2.60. The van der Waals surface area contributed by atoms with E-state index in [0.29, 0.717) is 11.3 Å². The number of carbonyl (C=O) groups excluding carboxylic acids is 3. The molecule has 1 unspecified atom stereocenters. The van der Waals surface area contributed by atoms with Crippen molar-refractivity contribution in [2.45, 2.75) is 19.8 Å². The zero-order valence-corrected chi connectivity index (χ0v) is 11.2. The van der Waals surface area contributed by atoms with E-state index in [9.17, 15) is 18.8 Å². The molecule has 0 spiro atoms. The first-order valence-corrected chi connectivity index (χ1v) is 6.38. The van der Waals surface area contributed by atoms with Crippen molar-refractivity contribution in [3.05, 3.63) is 29.6 Å². The van der Waals surface area contributed by atoms with Gasteiger partial charge in [0.25, 0.3) is 0 Å². The molecule has 21 heavy (non-hydrogen) atoms. The van der Waals surface area contributed by atoms with Crippen LogP contribution < -0.4 is 10.2 Å². The second-order valence-electron chi connectivity index (χ2n) is 4.59. The third-order valence-electron chi connectivity index (χ3n) is 3.16. The van der Waals surface area contributed by atoms with Gasteiger partial charge in [0, 0.05) is 0 Å². The number of hydrogen-bond donors (Lipinski definition) is 1. The van der Waals surface area contributed by atoms with Crippen LogP contribution in [0.1, 0.15) is 25.3 Å². The largest absolute Gasteiger partial charge is 0.335 e. The van der Waals surface area contributed by atoms with Gasteiger partial charge in [-0.25, -0.2) is 14.1 Å². The number of benzene rings is 1. The van der Waals surface area contributed by atoms with Gasteiger partial charge in [-0.05, 0) is 24.6 Å². The molecule has 4 amide bonds. The Kier molecular flexibility index (Phi) is 3.98. The lowest BCUT2D eigenvalue weighted by Gasteiger charge is -2.30. The number of carbonyl (C=O) groups is 3.